The van der Waals surface area contributed by atoms with Crippen molar-refractivity contribution in [3.63, 3.8) is 0 Å². The number of alkyl halides is 2. The number of fused-ring (bicyclic) bond motifs is 2. The number of rotatable bonds is 5. The fraction of sp³-hybridized carbons (Fsp3) is 0.320. The van der Waals surface area contributed by atoms with Crippen LogP contribution in [-0.4, -0.2) is 22.6 Å². The van der Waals surface area contributed by atoms with Crippen LogP contribution >= 0.6 is 11.6 Å². The molecule has 4 heterocycles. The van der Waals surface area contributed by atoms with Crippen LogP contribution in [0.3, 0.4) is 0 Å². The maximum Gasteiger partial charge on any atom is 0.388 e. The van der Waals surface area contributed by atoms with Crippen molar-refractivity contribution in [2.75, 3.05) is 10.2 Å². The molecule has 0 saturated heterocycles. The van der Waals surface area contributed by atoms with Gasteiger partial charge in [0.25, 0.3) is 0 Å². The zero-order valence-electron chi connectivity index (χ0n) is 18.8. The summed E-state index contributed by atoms with van der Waals surface area (Å²) in [5, 5.41) is 3.12. The second kappa shape index (κ2) is 8.85. The first-order valence-corrected chi connectivity index (χ1v) is 11.9. The zero-order chi connectivity index (χ0) is 25.0. The highest BCUT2D eigenvalue weighted by atomic mass is 35.5. The first kappa shape index (κ1) is 22.9. The van der Waals surface area contributed by atoms with Crippen molar-refractivity contribution < 1.29 is 27.4 Å². The Kier molecular flexibility index (Phi) is 5.63. The Hall–Kier alpha value is -3.53. The van der Waals surface area contributed by atoms with E-state index in [1.807, 2.05) is 0 Å². The third-order valence-electron chi connectivity index (χ3n) is 6.57. The Bertz CT molecular complexity index is 1370. The molecule has 7 nitrogen and oxygen atoms in total. The third kappa shape index (κ3) is 4.19. The number of anilines is 2. The van der Waals surface area contributed by atoms with Gasteiger partial charge in [-0.2, -0.15) is 8.78 Å². The van der Waals surface area contributed by atoms with Crippen LogP contribution < -0.4 is 19.7 Å². The highest BCUT2D eigenvalue weighted by molar-refractivity contribution is 6.34. The number of carbonyl (C=O) groups is 1. The lowest BCUT2D eigenvalue weighted by atomic mass is 9.99. The van der Waals surface area contributed by atoms with Crippen LogP contribution in [0, 0.1) is 5.82 Å². The molecule has 2 amide bonds. The first-order valence-electron chi connectivity index (χ1n) is 11.5. The molecule has 1 saturated carbocycles. The maximum absolute atomic E-state index is 14.3. The van der Waals surface area contributed by atoms with Gasteiger partial charge in [0.2, 0.25) is 5.88 Å². The van der Waals surface area contributed by atoms with E-state index in [4.69, 9.17) is 16.3 Å². The number of ether oxygens (including phenoxy) is 2. The molecule has 0 unspecified atom stereocenters. The summed E-state index contributed by atoms with van der Waals surface area (Å²) in [6.07, 6.45) is 3.85. The number of aromatic nitrogens is 2. The van der Waals surface area contributed by atoms with E-state index in [1.54, 1.807) is 12.1 Å². The van der Waals surface area contributed by atoms with Crippen molar-refractivity contribution in [1.29, 1.82) is 0 Å². The van der Waals surface area contributed by atoms with Gasteiger partial charge in [0.05, 0.1) is 28.6 Å². The number of urea groups is 1. The minimum atomic E-state index is -3.02. The van der Waals surface area contributed by atoms with Crippen LogP contribution in [0.4, 0.5) is 29.3 Å². The Labute approximate surface area is 209 Å². The molecular weight excluding hydrogens is 497 g/mol. The van der Waals surface area contributed by atoms with Gasteiger partial charge in [0.1, 0.15) is 23.4 Å². The smallest absolute Gasteiger partial charge is 0.388 e. The SMILES string of the molecule is O=C1Nc2cc(OC(F)F)nc(C3CC3)c2CN1c1cc2c(cc1Cl)CC[C@@H](c1ncccc1F)O2. The Morgan fingerprint density at radius 2 is 2.03 bits per heavy atom. The van der Waals surface area contributed by atoms with Crippen LogP contribution in [0.25, 0.3) is 0 Å². The number of hydrogen-bond donors (Lipinski definition) is 1. The summed E-state index contributed by atoms with van der Waals surface area (Å²) >= 11 is 6.59. The molecule has 0 spiro atoms. The van der Waals surface area contributed by atoms with E-state index >= 15 is 0 Å². The predicted octanol–water partition coefficient (Wildman–Crippen LogP) is 6.37. The van der Waals surface area contributed by atoms with Crippen molar-refractivity contribution in [2.24, 2.45) is 0 Å². The van der Waals surface area contributed by atoms with E-state index in [-0.39, 0.29) is 24.0 Å². The van der Waals surface area contributed by atoms with Crippen molar-refractivity contribution in [3.05, 3.63) is 69.9 Å². The van der Waals surface area contributed by atoms with Gasteiger partial charge in [0.15, 0.2) is 0 Å². The average molecular weight is 517 g/mol. The quantitative estimate of drug-likeness (QED) is 0.426. The summed E-state index contributed by atoms with van der Waals surface area (Å²) in [6.45, 7) is -2.87. The van der Waals surface area contributed by atoms with Crippen LogP contribution in [0.1, 0.15) is 53.8 Å². The molecule has 0 radical (unpaired) electrons. The number of hydrogen-bond acceptors (Lipinski definition) is 5. The standard InChI is InChI=1S/C25H20ClF3N4O3/c26-15-8-13-5-6-19(23-16(27)2-1-7-30-23)35-20(13)10-18(15)33-11-14-17(31-25(33)34)9-21(36-24(28)29)32-22(14)12-3-4-12/h1-2,7-10,12,19,24H,3-6,11H2,(H,31,34)/t19-/m0/s1. The second-order valence-electron chi connectivity index (χ2n) is 8.97. The molecule has 186 valence electrons. The van der Waals surface area contributed by atoms with Gasteiger partial charge in [0, 0.05) is 29.8 Å². The zero-order valence-corrected chi connectivity index (χ0v) is 19.6. The number of amides is 2. The number of pyridine rings is 2. The van der Waals surface area contributed by atoms with Gasteiger partial charge in [-0.15, -0.1) is 0 Å². The topological polar surface area (TPSA) is 76.6 Å². The molecule has 1 N–H and O–H groups in total. The summed E-state index contributed by atoms with van der Waals surface area (Å²) in [4.78, 5) is 23.0. The molecule has 1 atom stereocenters. The predicted molar refractivity (Wildman–Crippen MR) is 125 cm³/mol. The average Bonchev–Trinajstić information content (AvgIpc) is 3.68. The molecule has 6 rings (SSSR count). The molecule has 3 aromatic rings. The van der Waals surface area contributed by atoms with Crippen molar-refractivity contribution in [1.82, 2.24) is 9.97 Å². The third-order valence-corrected chi connectivity index (χ3v) is 6.87. The lowest BCUT2D eigenvalue weighted by Crippen LogP contribution is -2.39. The number of carbonyl (C=O) groups excluding carboxylic acids is 1. The Morgan fingerprint density at radius 1 is 1.19 bits per heavy atom. The monoisotopic (exact) mass is 516 g/mol. The van der Waals surface area contributed by atoms with Gasteiger partial charge < -0.3 is 14.8 Å². The maximum atomic E-state index is 14.3. The molecule has 11 heteroatoms. The van der Waals surface area contributed by atoms with E-state index in [9.17, 15) is 18.0 Å². The van der Waals surface area contributed by atoms with Gasteiger partial charge in [-0.3, -0.25) is 9.88 Å². The number of nitrogens with one attached hydrogen (secondary N) is 1. The van der Waals surface area contributed by atoms with E-state index < -0.39 is 24.6 Å². The van der Waals surface area contributed by atoms with Gasteiger partial charge in [-0.05, 0) is 49.4 Å². The van der Waals surface area contributed by atoms with E-state index in [2.05, 4.69) is 20.0 Å². The van der Waals surface area contributed by atoms with E-state index in [0.717, 1.165) is 24.0 Å². The summed E-state index contributed by atoms with van der Waals surface area (Å²) in [6, 6.07) is 7.11. The first-order chi connectivity index (χ1) is 17.4. The minimum absolute atomic E-state index is 0.119. The van der Waals surface area contributed by atoms with Crippen LogP contribution in [-0.2, 0) is 13.0 Å². The highest BCUT2D eigenvalue weighted by Gasteiger charge is 2.36. The van der Waals surface area contributed by atoms with E-state index in [0.29, 0.717) is 40.7 Å². The molecule has 1 aliphatic carbocycles. The van der Waals surface area contributed by atoms with Crippen molar-refractivity contribution in [3.8, 4) is 11.6 Å². The number of aryl methyl sites for hydroxylation is 1. The molecule has 1 fully saturated rings. The molecule has 2 aliphatic heterocycles. The lowest BCUT2D eigenvalue weighted by molar-refractivity contribution is -0.0529. The van der Waals surface area contributed by atoms with Gasteiger partial charge in [-0.1, -0.05) is 11.6 Å². The van der Waals surface area contributed by atoms with Crippen LogP contribution in [0.5, 0.6) is 11.6 Å². The molecule has 36 heavy (non-hydrogen) atoms. The number of benzene rings is 1. The van der Waals surface area contributed by atoms with Crippen molar-refractivity contribution in [2.45, 2.75) is 50.9 Å². The molecule has 1 aromatic carbocycles. The number of nitrogens with zero attached hydrogens (tertiary/aromatic N) is 3. The molecular formula is C25H20ClF3N4O3. The van der Waals surface area contributed by atoms with E-state index in [1.165, 1.54) is 29.3 Å². The van der Waals surface area contributed by atoms with Gasteiger partial charge in [-0.25, -0.2) is 14.2 Å². The van der Waals surface area contributed by atoms with Crippen LogP contribution in [0.15, 0.2) is 36.5 Å². The summed E-state index contributed by atoms with van der Waals surface area (Å²) in [5.74, 6) is -0.0569. The Morgan fingerprint density at radius 3 is 2.78 bits per heavy atom. The fourth-order valence-corrected chi connectivity index (χ4v) is 5.01. The van der Waals surface area contributed by atoms with Crippen molar-refractivity contribution >= 4 is 29.0 Å². The largest absolute Gasteiger partial charge is 0.484 e. The molecule has 3 aliphatic rings. The lowest BCUT2D eigenvalue weighted by Gasteiger charge is -2.33. The summed E-state index contributed by atoms with van der Waals surface area (Å²) in [7, 11) is 0. The van der Waals surface area contributed by atoms with Crippen LogP contribution in [0.2, 0.25) is 5.02 Å². The Balaban J connectivity index is 1.33. The summed E-state index contributed by atoms with van der Waals surface area (Å²) < 4.78 is 50.5. The highest BCUT2D eigenvalue weighted by Crippen LogP contribution is 2.46. The normalized spacial score (nSPS) is 18.9. The number of halogens is 4. The summed E-state index contributed by atoms with van der Waals surface area (Å²) in [5.41, 5.74) is 3.23. The molecule has 0 bridgehead atoms. The molecule has 2 aromatic heterocycles. The fourth-order valence-electron chi connectivity index (χ4n) is 4.72. The minimum Gasteiger partial charge on any atom is -0.484 e. The van der Waals surface area contributed by atoms with Gasteiger partial charge >= 0.3 is 12.6 Å². The second-order valence-corrected chi connectivity index (χ2v) is 9.38.